The van der Waals surface area contributed by atoms with Crippen LogP contribution in [0.3, 0.4) is 0 Å². The SMILES string of the molecule is CC(C)CCc1c2c(cc3ccccc13)-c1nccc3c1c(cc1c(CC(C)(C)C)cccc13)S2. The monoisotopic (exact) mass is 475 g/mol. The highest BCUT2D eigenvalue weighted by Crippen LogP contribution is 2.52. The van der Waals surface area contributed by atoms with Crippen LogP contribution in [0.4, 0.5) is 0 Å². The van der Waals surface area contributed by atoms with E-state index in [4.69, 9.17) is 4.98 Å². The maximum absolute atomic E-state index is 5.00. The maximum atomic E-state index is 5.00. The van der Waals surface area contributed by atoms with E-state index in [2.05, 4.69) is 95.3 Å². The Labute approximate surface area is 213 Å². The van der Waals surface area contributed by atoms with Crippen LogP contribution in [0.5, 0.6) is 0 Å². The highest BCUT2D eigenvalue weighted by molar-refractivity contribution is 8.00. The lowest BCUT2D eigenvalue weighted by Gasteiger charge is -2.25. The van der Waals surface area contributed by atoms with E-state index in [1.165, 1.54) is 65.2 Å². The number of aromatic nitrogens is 1. The van der Waals surface area contributed by atoms with Gasteiger partial charge in [0, 0.05) is 26.9 Å². The van der Waals surface area contributed by atoms with Gasteiger partial charge in [-0.3, -0.25) is 4.98 Å². The first-order valence-electron chi connectivity index (χ1n) is 12.9. The Morgan fingerprint density at radius 3 is 2.46 bits per heavy atom. The molecule has 0 spiro atoms. The summed E-state index contributed by atoms with van der Waals surface area (Å²) in [6, 6.07) is 22.8. The van der Waals surface area contributed by atoms with Gasteiger partial charge in [-0.05, 0) is 86.9 Å². The van der Waals surface area contributed by atoms with E-state index in [9.17, 15) is 0 Å². The van der Waals surface area contributed by atoms with Gasteiger partial charge in [0.1, 0.15) is 0 Å². The summed E-state index contributed by atoms with van der Waals surface area (Å²) in [5.74, 6) is 0.677. The van der Waals surface area contributed by atoms with Gasteiger partial charge in [-0.1, -0.05) is 88.8 Å². The fourth-order valence-electron chi connectivity index (χ4n) is 5.65. The Hall–Kier alpha value is -2.84. The van der Waals surface area contributed by atoms with Crippen LogP contribution < -0.4 is 0 Å². The summed E-state index contributed by atoms with van der Waals surface area (Å²) >= 11 is 1.97. The summed E-state index contributed by atoms with van der Waals surface area (Å²) in [4.78, 5) is 7.76. The molecule has 176 valence electrons. The van der Waals surface area contributed by atoms with E-state index in [1.807, 2.05) is 18.0 Å². The largest absolute Gasteiger partial charge is 0.256 e. The first kappa shape index (κ1) is 22.6. The van der Waals surface area contributed by atoms with Gasteiger partial charge in [-0.15, -0.1) is 0 Å². The topological polar surface area (TPSA) is 12.9 Å². The lowest BCUT2D eigenvalue weighted by Crippen LogP contribution is -2.09. The zero-order valence-corrected chi connectivity index (χ0v) is 22.2. The summed E-state index contributed by atoms with van der Waals surface area (Å²) in [6.45, 7) is 11.6. The Morgan fingerprint density at radius 2 is 1.66 bits per heavy atom. The molecule has 0 amide bonds. The van der Waals surface area contributed by atoms with Crippen molar-refractivity contribution in [1.82, 2.24) is 4.98 Å². The Balaban J connectivity index is 1.66. The van der Waals surface area contributed by atoms with Gasteiger partial charge in [-0.25, -0.2) is 0 Å². The summed E-state index contributed by atoms with van der Waals surface area (Å²) in [5.41, 5.74) is 5.62. The molecule has 4 aromatic carbocycles. The lowest BCUT2D eigenvalue weighted by molar-refractivity contribution is 0.412. The van der Waals surface area contributed by atoms with Gasteiger partial charge in [0.15, 0.2) is 0 Å². The zero-order valence-electron chi connectivity index (χ0n) is 21.4. The van der Waals surface area contributed by atoms with Crippen molar-refractivity contribution in [2.45, 2.75) is 63.7 Å². The molecule has 2 heterocycles. The first-order valence-corrected chi connectivity index (χ1v) is 13.7. The first-order chi connectivity index (χ1) is 16.8. The van der Waals surface area contributed by atoms with E-state index >= 15 is 0 Å². The van der Waals surface area contributed by atoms with Gasteiger partial charge in [0.2, 0.25) is 0 Å². The summed E-state index contributed by atoms with van der Waals surface area (Å²) in [7, 11) is 0. The summed E-state index contributed by atoms with van der Waals surface area (Å²) in [6.07, 6.45) is 5.38. The van der Waals surface area contributed by atoms with E-state index in [1.54, 1.807) is 0 Å². The second-order valence-electron chi connectivity index (χ2n) is 11.7. The Kier molecular flexibility index (Phi) is 5.41. The standard InChI is InChI=1S/C33H33NS/c1-20(2)13-14-26-23-11-7-6-9-21(23)17-28-31-30-25(15-16-34-31)24-12-8-10-22(19-33(3,4)5)27(24)18-29(30)35-32(26)28/h6-12,15-18,20H,13-14,19H2,1-5H3. The van der Waals surface area contributed by atoms with Crippen molar-refractivity contribution in [3.63, 3.8) is 0 Å². The van der Waals surface area contributed by atoms with Crippen LogP contribution in [-0.4, -0.2) is 4.98 Å². The minimum absolute atomic E-state index is 0.243. The number of hydrogen-bond donors (Lipinski definition) is 0. The number of benzene rings is 4. The molecule has 2 heteroatoms. The molecule has 0 saturated carbocycles. The van der Waals surface area contributed by atoms with Crippen molar-refractivity contribution in [2.24, 2.45) is 11.3 Å². The Morgan fingerprint density at radius 1 is 0.857 bits per heavy atom. The van der Waals surface area contributed by atoms with Crippen LogP contribution in [0.1, 0.15) is 52.2 Å². The summed E-state index contributed by atoms with van der Waals surface area (Å²) in [5, 5.41) is 8.09. The number of pyridine rings is 1. The fourth-order valence-corrected chi connectivity index (χ4v) is 6.96. The molecule has 0 unspecified atom stereocenters. The van der Waals surface area contributed by atoms with E-state index in [0.29, 0.717) is 5.92 Å². The van der Waals surface area contributed by atoms with Crippen LogP contribution in [0.15, 0.2) is 76.7 Å². The molecule has 6 rings (SSSR count). The van der Waals surface area contributed by atoms with E-state index in [0.717, 1.165) is 18.5 Å². The lowest BCUT2D eigenvalue weighted by atomic mass is 9.85. The fraction of sp³-hybridized carbons (Fsp3) is 0.303. The second kappa shape index (κ2) is 8.38. The van der Waals surface area contributed by atoms with Crippen LogP contribution in [0.25, 0.3) is 43.6 Å². The third-order valence-corrected chi connectivity index (χ3v) is 8.44. The zero-order chi connectivity index (χ0) is 24.3. The number of fused-ring (bicyclic) bond motifs is 5. The Bertz CT molecular complexity index is 1600. The predicted octanol–water partition coefficient (Wildman–Crippen LogP) is 9.85. The van der Waals surface area contributed by atoms with Crippen LogP contribution >= 0.6 is 11.8 Å². The van der Waals surface area contributed by atoms with Gasteiger partial charge in [0.25, 0.3) is 0 Å². The predicted molar refractivity (Wildman–Crippen MR) is 153 cm³/mol. The third-order valence-electron chi connectivity index (χ3n) is 7.22. The van der Waals surface area contributed by atoms with Crippen molar-refractivity contribution in [3.05, 3.63) is 78.0 Å². The van der Waals surface area contributed by atoms with Gasteiger partial charge in [0.05, 0.1) is 5.69 Å². The summed E-state index contributed by atoms with van der Waals surface area (Å²) < 4.78 is 0. The van der Waals surface area contributed by atoms with Crippen LogP contribution in [0, 0.1) is 11.3 Å². The molecule has 0 fully saturated rings. The van der Waals surface area contributed by atoms with Crippen LogP contribution in [-0.2, 0) is 12.8 Å². The average molecular weight is 476 g/mol. The van der Waals surface area contributed by atoms with Crippen molar-refractivity contribution in [2.75, 3.05) is 0 Å². The molecular weight excluding hydrogens is 442 g/mol. The molecule has 0 aliphatic carbocycles. The van der Waals surface area contributed by atoms with Crippen LogP contribution in [0.2, 0.25) is 0 Å². The van der Waals surface area contributed by atoms with Gasteiger partial charge < -0.3 is 0 Å². The highest BCUT2D eigenvalue weighted by Gasteiger charge is 2.26. The molecule has 0 radical (unpaired) electrons. The molecule has 0 atom stereocenters. The molecule has 0 bridgehead atoms. The minimum Gasteiger partial charge on any atom is -0.256 e. The molecule has 35 heavy (non-hydrogen) atoms. The number of rotatable bonds is 4. The highest BCUT2D eigenvalue weighted by atomic mass is 32.2. The van der Waals surface area contributed by atoms with Crippen molar-refractivity contribution in [3.8, 4) is 11.3 Å². The number of hydrogen-bond acceptors (Lipinski definition) is 2. The van der Waals surface area contributed by atoms with E-state index < -0.39 is 0 Å². The number of aryl methyl sites for hydroxylation is 1. The molecular formula is C33H33NS. The third kappa shape index (κ3) is 3.93. The molecule has 0 saturated heterocycles. The van der Waals surface area contributed by atoms with Gasteiger partial charge in [-0.2, -0.15) is 0 Å². The molecule has 5 aromatic rings. The maximum Gasteiger partial charge on any atom is 0.0803 e. The molecule has 0 N–H and O–H groups in total. The average Bonchev–Trinajstić information content (AvgIpc) is 2.82. The molecule has 1 nitrogen and oxygen atoms in total. The molecule has 1 aliphatic rings. The second-order valence-corrected chi connectivity index (χ2v) is 12.7. The van der Waals surface area contributed by atoms with Crippen molar-refractivity contribution >= 4 is 44.1 Å². The number of nitrogens with zero attached hydrogens (tertiary/aromatic N) is 1. The van der Waals surface area contributed by atoms with Gasteiger partial charge >= 0.3 is 0 Å². The smallest absolute Gasteiger partial charge is 0.0803 e. The van der Waals surface area contributed by atoms with Crippen molar-refractivity contribution < 1.29 is 0 Å². The minimum atomic E-state index is 0.243. The van der Waals surface area contributed by atoms with E-state index in [-0.39, 0.29) is 5.41 Å². The van der Waals surface area contributed by atoms with Crippen molar-refractivity contribution in [1.29, 1.82) is 0 Å². The quantitative estimate of drug-likeness (QED) is 0.235. The molecule has 1 aliphatic heterocycles. The normalized spacial score (nSPS) is 13.2. The molecule has 1 aromatic heterocycles.